The Morgan fingerprint density at radius 1 is 1.33 bits per heavy atom. The Balaban J connectivity index is 1.88. The van der Waals surface area contributed by atoms with Crippen molar-refractivity contribution in [2.45, 2.75) is 25.3 Å². The first kappa shape index (κ1) is 12.1. The zero-order valence-electron chi connectivity index (χ0n) is 9.36. The quantitative estimate of drug-likeness (QED) is 0.918. The van der Waals surface area contributed by atoms with Crippen LogP contribution < -0.4 is 5.32 Å². The molecular formula is C11H10Cl2N4S. The number of hydrogen-bond acceptors (Lipinski definition) is 5. The highest BCUT2D eigenvalue weighted by molar-refractivity contribution is 7.10. The molecule has 2 aromatic rings. The molecule has 2 aromatic heterocycles. The lowest BCUT2D eigenvalue weighted by molar-refractivity contribution is 0.606. The minimum Gasteiger partial charge on any atom is -0.361 e. The first-order valence-electron chi connectivity index (χ1n) is 5.62. The van der Waals surface area contributed by atoms with Gasteiger partial charge in [-0.1, -0.05) is 11.6 Å². The van der Waals surface area contributed by atoms with Gasteiger partial charge in [-0.2, -0.15) is 4.98 Å². The monoisotopic (exact) mass is 300 g/mol. The fourth-order valence-corrected chi connectivity index (χ4v) is 3.43. The van der Waals surface area contributed by atoms with Crippen LogP contribution in [0.5, 0.6) is 0 Å². The maximum Gasteiger partial charge on any atom is 0.245 e. The highest BCUT2D eigenvalue weighted by atomic mass is 35.5. The van der Waals surface area contributed by atoms with Crippen molar-refractivity contribution in [2.75, 3.05) is 5.32 Å². The molecule has 0 aliphatic heterocycles. The number of aromatic nitrogens is 3. The first-order chi connectivity index (χ1) is 8.74. The van der Waals surface area contributed by atoms with Gasteiger partial charge in [0.25, 0.3) is 0 Å². The van der Waals surface area contributed by atoms with Gasteiger partial charge < -0.3 is 5.32 Å². The molecule has 0 fully saturated rings. The second kappa shape index (κ2) is 4.99. The molecule has 1 aliphatic rings. The highest BCUT2D eigenvalue weighted by Crippen LogP contribution is 2.36. The smallest absolute Gasteiger partial charge is 0.245 e. The van der Waals surface area contributed by atoms with E-state index >= 15 is 0 Å². The molecule has 1 aliphatic carbocycles. The van der Waals surface area contributed by atoms with E-state index in [1.807, 2.05) is 0 Å². The van der Waals surface area contributed by atoms with E-state index < -0.39 is 0 Å². The van der Waals surface area contributed by atoms with Crippen LogP contribution in [0.4, 0.5) is 5.82 Å². The predicted molar refractivity (Wildman–Crippen MR) is 73.5 cm³/mol. The Kier molecular flexibility index (Phi) is 3.37. The van der Waals surface area contributed by atoms with Crippen LogP contribution in [0.1, 0.15) is 29.3 Å². The van der Waals surface area contributed by atoms with Crippen molar-refractivity contribution < 1.29 is 0 Å². The van der Waals surface area contributed by atoms with Crippen molar-refractivity contribution in [3.05, 3.63) is 32.3 Å². The zero-order valence-corrected chi connectivity index (χ0v) is 11.7. The van der Waals surface area contributed by atoms with Crippen molar-refractivity contribution in [1.29, 1.82) is 0 Å². The number of anilines is 1. The molecule has 0 amide bonds. The summed E-state index contributed by atoms with van der Waals surface area (Å²) in [5.41, 5.74) is 1.33. The maximum absolute atomic E-state index is 5.96. The number of aryl methyl sites for hydroxylation is 1. The highest BCUT2D eigenvalue weighted by Gasteiger charge is 2.22. The molecule has 18 heavy (non-hydrogen) atoms. The standard InChI is InChI=1S/C11H10Cl2N4S/c12-9-10(15-11(13)17-16-9)14-7-2-1-3-8-6(7)4-5-18-8/h4-5,7H,1-3H2,(H,14,15,17). The lowest BCUT2D eigenvalue weighted by atomic mass is 9.94. The van der Waals surface area contributed by atoms with Gasteiger partial charge in [-0.15, -0.1) is 21.5 Å². The molecule has 0 spiro atoms. The van der Waals surface area contributed by atoms with E-state index in [0.717, 1.165) is 19.3 Å². The third-order valence-electron chi connectivity index (χ3n) is 2.98. The number of fused-ring (bicyclic) bond motifs is 1. The van der Waals surface area contributed by atoms with Crippen LogP contribution in [0.2, 0.25) is 10.4 Å². The second-order valence-electron chi connectivity index (χ2n) is 4.11. The Labute approximate surface area is 118 Å². The molecule has 0 aromatic carbocycles. The van der Waals surface area contributed by atoms with E-state index in [9.17, 15) is 0 Å². The lowest BCUT2D eigenvalue weighted by Gasteiger charge is -2.24. The molecule has 0 radical (unpaired) electrons. The van der Waals surface area contributed by atoms with Crippen LogP contribution in [0.15, 0.2) is 11.4 Å². The molecule has 1 unspecified atom stereocenters. The number of nitrogens with zero attached hydrogens (tertiary/aromatic N) is 3. The molecule has 0 saturated heterocycles. The fourth-order valence-electron chi connectivity index (χ4n) is 2.19. The third kappa shape index (κ3) is 2.30. The minimum absolute atomic E-state index is 0.100. The Morgan fingerprint density at radius 3 is 3.11 bits per heavy atom. The van der Waals surface area contributed by atoms with Crippen LogP contribution in [0.25, 0.3) is 0 Å². The molecule has 0 bridgehead atoms. The van der Waals surface area contributed by atoms with Crippen LogP contribution in [-0.4, -0.2) is 15.2 Å². The van der Waals surface area contributed by atoms with Gasteiger partial charge in [-0.05, 0) is 47.9 Å². The van der Waals surface area contributed by atoms with Gasteiger partial charge in [-0.25, -0.2) is 0 Å². The first-order valence-corrected chi connectivity index (χ1v) is 7.26. The van der Waals surface area contributed by atoms with Crippen molar-refractivity contribution in [1.82, 2.24) is 15.2 Å². The van der Waals surface area contributed by atoms with Gasteiger partial charge in [0.2, 0.25) is 5.28 Å². The molecule has 4 nitrogen and oxygen atoms in total. The largest absolute Gasteiger partial charge is 0.361 e. The summed E-state index contributed by atoms with van der Waals surface area (Å²) in [6.07, 6.45) is 3.37. The van der Waals surface area contributed by atoms with Crippen molar-refractivity contribution in [3.63, 3.8) is 0 Å². The molecule has 1 atom stereocenters. The fraction of sp³-hybridized carbons (Fsp3) is 0.364. The zero-order chi connectivity index (χ0) is 12.5. The topological polar surface area (TPSA) is 50.7 Å². The molecule has 2 heterocycles. The van der Waals surface area contributed by atoms with Gasteiger partial charge >= 0.3 is 0 Å². The van der Waals surface area contributed by atoms with E-state index in [-0.39, 0.29) is 16.5 Å². The van der Waals surface area contributed by atoms with Gasteiger partial charge in [-0.3, -0.25) is 0 Å². The summed E-state index contributed by atoms with van der Waals surface area (Å²) in [7, 11) is 0. The van der Waals surface area contributed by atoms with Crippen molar-refractivity contribution in [2.24, 2.45) is 0 Å². The molecule has 0 saturated carbocycles. The lowest BCUT2D eigenvalue weighted by Crippen LogP contribution is -2.17. The predicted octanol–water partition coefficient (Wildman–Crippen LogP) is 3.73. The van der Waals surface area contributed by atoms with E-state index in [2.05, 4.69) is 31.9 Å². The molecule has 3 rings (SSSR count). The third-order valence-corrected chi connectivity index (χ3v) is 4.39. The van der Waals surface area contributed by atoms with E-state index in [4.69, 9.17) is 23.2 Å². The van der Waals surface area contributed by atoms with Crippen LogP contribution in [0, 0.1) is 0 Å². The molecular weight excluding hydrogens is 291 g/mol. The van der Waals surface area contributed by atoms with Crippen LogP contribution in [0.3, 0.4) is 0 Å². The minimum atomic E-state index is 0.100. The van der Waals surface area contributed by atoms with Gasteiger partial charge in [0.15, 0.2) is 11.0 Å². The number of halogens is 2. The second-order valence-corrected chi connectivity index (χ2v) is 5.81. The van der Waals surface area contributed by atoms with Gasteiger partial charge in [0, 0.05) is 4.88 Å². The summed E-state index contributed by atoms with van der Waals surface area (Å²) in [6, 6.07) is 2.38. The SMILES string of the molecule is Clc1nnc(Cl)c(NC2CCCc3sccc32)n1. The maximum atomic E-state index is 5.96. The number of rotatable bonds is 2. The molecule has 94 valence electrons. The summed E-state index contributed by atoms with van der Waals surface area (Å²) in [5, 5.41) is 13.1. The summed E-state index contributed by atoms with van der Waals surface area (Å²) in [6.45, 7) is 0. The molecule has 1 N–H and O–H groups in total. The number of hydrogen-bond donors (Lipinski definition) is 1. The average molecular weight is 301 g/mol. The van der Waals surface area contributed by atoms with E-state index in [0.29, 0.717) is 5.82 Å². The summed E-state index contributed by atoms with van der Waals surface area (Å²) < 4.78 is 0. The van der Waals surface area contributed by atoms with Crippen LogP contribution in [-0.2, 0) is 6.42 Å². The number of nitrogens with one attached hydrogen (secondary N) is 1. The van der Waals surface area contributed by atoms with Gasteiger partial charge in [0.05, 0.1) is 6.04 Å². The van der Waals surface area contributed by atoms with Crippen molar-refractivity contribution >= 4 is 40.4 Å². The Morgan fingerprint density at radius 2 is 2.22 bits per heavy atom. The summed E-state index contributed by atoms with van der Waals surface area (Å²) in [4.78, 5) is 5.51. The molecule has 7 heteroatoms. The van der Waals surface area contributed by atoms with E-state index in [1.165, 1.54) is 10.4 Å². The summed E-state index contributed by atoms with van der Waals surface area (Å²) in [5.74, 6) is 0.501. The number of thiophene rings is 1. The van der Waals surface area contributed by atoms with E-state index in [1.54, 1.807) is 11.3 Å². The Bertz CT molecular complexity index is 572. The van der Waals surface area contributed by atoms with Crippen LogP contribution >= 0.6 is 34.5 Å². The Hall–Kier alpha value is -0.910. The van der Waals surface area contributed by atoms with Gasteiger partial charge in [0.1, 0.15) is 0 Å². The summed E-state index contributed by atoms with van der Waals surface area (Å²) >= 11 is 13.5. The normalized spacial score (nSPS) is 18.4. The average Bonchev–Trinajstić information content (AvgIpc) is 2.83. The van der Waals surface area contributed by atoms with Crippen molar-refractivity contribution in [3.8, 4) is 0 Å².